The van der Waals surface area contributed by atoms with Crippen LogP contribution < -0.4 is 10.6 Å². The van der Waals surface area contributed by atoms with Gasteiger partial charge in [-0.3, -0.25) is 4.79 Å². The van der Waals surface area contributed by atoms with E-state index in [4.69, 9.17) is 0 Å². The standard InChI is InChI=1S/C12H12BrN3OS2.ClH/c13-8-3-10(18-5-8)9-6-19-12(15-9)16-11(17)7-1-2-14-4-7;/h3,5-7,14H,1-2,4H2,(H,15,16,17);1H. The summed E-state index contributed by atoms with van der Waals surface area (Å²) in [5.74, 6) is 0.140. The van der Waals surface area contributed by atoms with E-state index in [-0.39, 0.29) is 24.2 Å². The Bertz CT molecular complexity index is 595. The van der Waals surface area contributed by atoms with Crippen molar-refractivity contribution in [3.8, 4) is 10.6 Å². The van der Waals surface area contributed by atoms with Crippen molar-refractivity contribution >= 4 is 62.0 Å². The summed E-state index contributed by atoms with van der Waals surface area (Å²) in [4.78, 5) is 17.5. The third-order valence-electron chi connectivity index (χ3n) is 2.99. The monoisotopic (exact) mass is 393 g/mol. The van der Waals surface area contributed by atoms with Gasteiger partial charge in [-0.05, 0) is 35.0 Å². The second-order valence-electron chi connectivity index (χ2n) is 4.35. The van der Waals surface area contributed by atoms with E-state index in [1.165, 1.54) is 11.3 Å². The van der Waals surface area contributed by atoms with Gasteiger partial charge in [-0.15, -0.1) is 35.1 Å². The van der Waals surface area contributed by atoms with Crippen molar-refractivity contribution < 1.29 is 4.79 Å². The Morgan fingerprint density at radius 2 is 2.30 bits per heavy atom. The van der Waals surface area contributed by atoms with Crippen molar-refractivity contribution in [1.82, 2.24) is 10.3 Å². The Kier molecular flexibility index (Phi) is 5.57. The number of nitrogens with one attached hydrogen (secondary N) is 2. The number of carbonyl (C=O) groups is 1. The Labute approximate surface area is 139 Å². The summed E-state index contributed by atoms with van der Waals surface area (Å²) in [5.41, 5.74) is 0.917. The van der Waals surface area contributed by atoms with E-state index in [0.29, 0.717) is 5.13 Å². The van der Waals surface area contributed by atoms with Crippen molar-refractivity contribution in [1.29, 1.82) is 0 Å². The minimum absolute atomic E-state index is 0. The number of anilines is 1. The molecule has 0 bridgehead atoms. The van der Waals surface area contributed by atoms with Crippen molar-refractivity contribution in [2.24, 2.45) is 5.92 Å². The molecule has 3 rings (SSSR count). The van der Waals surface area contributed by atoms with Gasteiger partial charge in [-0.25, -0.2) is 4.98 Å². The molecule has 8 heteroatoms. The third kappa shape index (κ3) is 3.59. The lowest BCUT2D eigenvalue weighted by Gasteiger charge is -2.06. The van der Waals surface area contributed by atoms with E-state index in [1.807, 2.05) is 16.8 Å². The number of rotatable bonds is 3. The Hall–Kier alpha value is -0.470. The van der Waals surface area contributed by atoms with Gasteiger partial charge in [0, 0.05) is 21.8 Å². The van der Waals surface area contributed by atoms with Crippen LogP contribution in [0.1, 0.15) is 6.42 Å². The van der Waals surface area contributed by atoms with Crippen molar-refractivity contribution in [3.63, 3.8) is 0 Å². The summed E-state index contributed by atoms with van der Waals surface area (Å²) in [6.07, 6.45) is 0.905. The second kappa shape index (κ2) is 7.00. The van der Waals surface area contributed by atoms with Gasteiger partial charge in [0.1, 0.15) is 0 Å². The summed E-state index contributed by atoms with van der Waals surface area (Å²) in [6.45, 7) is 1.69. The molecule has 108 valence electrons. The predicted molar refractivity (Wildman–Crippen MR) is 90.0 cm³/mol. The van der Waals surface area contributed by atoms with Gasteiger partial charge in [-0.2, -0.15) is 0 Å². The maximum atomic E-state index is 12.0. The predicted octanol–water partition coefficient (Wildman–Crippen LogP) is 3.60. The van der Waals surface area contributed by atoms with Gasteiger partial charge in [0.2, 0.25) is 5.91 Å². The minimum Gasteiger partial charge on any atom is -0.316 e. The Balaban J connectivity index is 0.00000147. The van der Waals surface area contributed by atoms with Crippen LogP contribution in [0.25, 0.3) is 10.6 Å². The van der Waals surface area contributed by atoms with E-state index < -0.39 is 0 Å². The zero-order chi connectivity index (χ0) is 13.2. The molecule has 0 spiro atoms. The number of hydrogen-bond donors (Lipinski definition) is 2. The molecular weight excluding hydrogens is 382 g/mol. The molecule has 2 aromatic heterocycles. The number of thiazole rings is 1. The van der Waals surface area contributed by atoms with E-state index in [1.54, 1.807) is 11.3 Å². The molecular formula is C12H13BrClN3OS2. The highest BCUT2D eigenvalue weighted by Crippen LogP contribution is 2.32. The summed E-state index contributed by atoms with van der Waals surface area (Å²) in [5, 5.41) is 10.8. The van der Waals surface area contributed by atoms with Gasteiger partial charge in [0.15, 0.2) is 5.13 Å². The molecule has 2 aromatic rings. The lowest BCUT2D eigenvalue weighted by molar-refractivity contribution is -0.119. The minimum atomic E-state index is 0. The number of carbonyl (C=O) groups excluding carboxylic acids is 1. The van der Waals surface area contributed by atoms with Crippen molar-refractivity contribution in [2.45, 2.75) is 6.42 Å². The van der Waals surface area contributed by atoms with Gasteiger partial charge in [0.25, 0.3) is 0 Å². The molecule has 1 amide bonds. The maximum absolute atomic E-state index is 12.0. The average Bonchev–Trinajstić information content (AvgIpc) is 3.07. The summed E-state index contributed by atoms with van der Waals surface area (Å²) >= 11 is 6.53. The molecule has 1 fully saturated rings. The van der Waals surface area contributed by atoms with Gasteiger partial charge >= 0.3 is 0 Å². The normalized spacial score (nSPS) is 17.8. The SMILES string of the molecule is Cl.O=C(Nc1nc(-c2cc(Br)cs2)cs1)C1CCNC1. The smallest absolute Gasteiger partial charge is 0.230 e. The molecule has 20 heavy (non-hydrogen) atoms. The van der Waals surface area contributed by atoms with Crippen LogP contribution in [0, 0.1) is 5.92 Å². The molecule has 1 unspecified atom stereocenters. The molecule has 3 heterocycles. The number of halogens is 2. The molecule has 1 saturated heterocycles. The van der Waals surface area contributed by atoms with E-state index in [2.05, 4.69) is 31.5 Å². The van der Waals surface area contributed by atoms with Crippen LogP contribution >= 0.6 is 51.0 Å². The molecule has 1 aliphatic rings. The average molecular weight is 395 g/mol. The van der Waals surface area contributed by atoms with Crippen molar-refractivity contribution in [2.75, 3.05) is 18.4 Å². The van der Waals surface area contributed by atoms with Gasteiger partial charge in [0.05, 0.1) is 16.5 Å². The van der Waals surface area contributed by atoms with E-state index in [0.717, 1.165) is 34.6 Å². The fourth-order valence-corrected chi connectivity index (χ4v) is 4.15. The molecule has 2 N–H and O–H groups in total. The van der Waals surface area contributed by atoms with Crippen LogP contribution in [0.5, 0.6) is 0 Å². The first-order valence-corrected chi connectivity index (χ1v) is 8.49. The highest BCUT2D eigenvalue weighted by atomic mass is 79.9. The molecule has 1 aliphatic heterocycles. The molecule has 0 aliphatic carbocycles. The topological polar surface area (TPSA) is 54.0 Å². The van der Waals surface area contributed by atoms with Crippen LogP contribution in [0.2, 0.25) is 0 Å². The molecule has 4 nitrogen and oxygen atoms in total. The molecule has 0 aromatic carbocycles. The first kappa shape index (κ1) is 15.9. The highest BCUT2D eigenvalue weighted by molar-refractivity contribution is 9.10. The van der Waals surface area contributed by atoms with Crippen LogP contribution in [0.3, 0.4) is 0 Å². The number of hydrogen-bond acceptors (Lipinski definition) is 5. The van der Waals surface area contributed by atoms with E-state index >= 15 is 0 Å². The van der Waals surface area contributed by atoms with Crippen molar-refractivity contribution in [3.05, 3.63) is 21.3 Å². The lowest BCUT2D eigenvalue weighted by atomic mass is 10.1. The highest BCUT2D eigenvalue weighted by Gasteiger charge is 2.23. The quantitative estimate of drug-likeness (QED) is 0.836. The number of aromatic nitrogens is 1. The second-order valence-corrected chi connectivity index (χ2v) is 7.03. The number of nitrogens with zero attached hydrogens (tertiary/aromatic N) is 1. The largest absolute Gasteiger partial charge is 0.316 e. The first-order chi connectivity index (χ1) is 9.22. The number of amides is 1. The molecule has 0 radical (unpaired) electrons. The van der Waals surface area contributed by atoms with Crippen LogP contribution in [-0.4, -0.2) is 24.0 Å². The van der Waals surface area contributed by atoms with Gasteiger partial charge in [-0.1, -0.05) is 0 Å². The van der Waals surface area contributed by atoms with Crippen LogP contribution in [0.4, 0.5) is 5.13 Å². The number of thiophene rings is 1. The summed E-state index contributed by atoms with van der Waals surface area (Å²) in [6, 6.07) is 2.03. The fraction of sp³-hybridized carbons (Fsp3) is 0.333. The first-order valence-electron chi connectivity index (χ1n) is 5.94. The third-order valence-corrected chi connectivity index (χ3v) is 5.46. The van der Waals surface area contributed by atoms with Gasteiger partial charge < -0.3 is 10.6 Å². The lowest BCUT2D eigenvalue weighted by Crippen LogP contribution is -2.24. The maximum Gasteiger partial charge on any atom is 0.230 e. The van der Waals surface area contributed by atoms with Crippen LogP contribution in [-0.2, 0) is 4.79 Å². The Morgan fingerprint density at radius 1 is 1.45 bits per heavy atom. The van der Waals surface area contributed by atoms with Crippen LogP contribution in [0.15, 0.2) is 21.3 Å². The molecule has 0 saturated carbocycles. The summed E-state index contributed by atoms with van der Waals surface area (Å²) < 4.78 is 1.06. The summed E-state index contributed by atoms with van der Waals surface area (Å²) in [7, 11) is 0. The van der Waals surface area contributed by atoms with E-state index in [9.17, 15) is 4.79 Å². The molecule has 1 atom stereocenters. The zero-order valence-electron chi connectivity index (χ0n) is 10.4. The Morgan fingerprint density at radius 3 is 2.95 bits per heavy atom. The fourth-order valence-electron chi connectivity index (χ4n) is 1.98. The zero-order valence-corrected chi connectivity index (χ0v) is 14.4.